The Morgan fingerprint density at radius 3 is 2.93 bits per heavy atom. The van der Waals surface area contributed by atoms with Gasteiger partial charge in [-0.15, -0.1) is 5.10 Å². The molecule has 1 aromatic heterocycles. The summed E-state index contributed by atoms with van der Waals surface area (Å²) in [6.45, 7) is 0. The van der Waals surface area contributed by atoms with Gasteiger partial charge >= 0.3 is 0 Å². The molecule has 0 saturated carbocycles. The van der Waals surface area contributed by atoms with Crippen molar-refractivity contribution in [2.45, 2.75) is 0 Å². The lowest BCUT2D eigenvalue weighted by atomic mass is 10.1. The average molecular weight is 199 g/mol. The highest BCUT2D eigenvalue weighted by Crippen LogP contribution is 2.13. The molecule has 1 heterocycles. The number of rotatable bonds is 2. The number of nitrogens with zero attached hydrogens (tertiary/aromatic N) is 5. The molecule has 2 rings (SSSR count). The highest BCUT2D eigenvalue weighted by atomic mass is 16.1. The van der Waals surface area contributed by atoms with Crippen molar-refractivity contribution >= 4 is 6.29 Å². The molecule has 2 aromatic rings. The monoisotopic (exact) mass is 199 g/mol. The van der Waals surface area contributed by atoms with E-state index in [1.54, 1.807) is 12.1 Å². The highest BCUT2D eigenvalue weighted by Gasteiger charge is 2.06. The summed E-state index contributed by atoms with van der Waals surface area (Å²) in [5.41, 5.74) is 1.35. The third-order valence-corrected chi connectivity index (χ3v) is 1.87. The Kier molecular flexibility index (Phi) is 2.21. The number of hydrogen-bond acceptors (Lipinski definition) is 5. The van der Waals surface area contributed by atoms with E-state index in [2.05, 4.69) is 15.5 Å². The molecule has 0 bridgehead atoms. The predicted octanol–water partition coefficient (Wildman–Crippen LogP) is 0.346. The van der Waals surface area contributed by atoms with Crippen LogP contribution in [0.5, 0.6) is 0 Å². The van der Waals surface area contributed by atoms with E-state index in [9.17, 15) is 4.79 Å². The summed E-state index contributed by atoms with van der Waals surface area (Å²) in [4.78, 5) is 10.5. The van der Waals surface area contributed by atoms with Crippen molar-refractivity contribution in [2.75, 3.05) is 0 Å². The molecule has 0 spiro atoms. The molecule has 0 aliphatic rings. The Balaban J connectivity index is 2.59. The molecule has 1 aromatic carbocycles. The van der Waals surface area contributed by atoms with Crippen molar-refractivity contribution in [3.63, 3.8) is 0 Å². The van der Waals surface area contributed by atoms with Gasteiger partial charge in [0, 0.05) is 5.56 Å². The van der Waals surface area contributed by atoms with Crippen molar-refractivity contribution in [3.05, 3.63) is 35.7 Å². The third kappa shape index (κ3) is 1.58. The topological polar surface area (TPSA) is 84.5 Å². The summed E-state index contributed by atoms with van der Waals surface area (Å²) < 4.78 is 1.37. The van der Waals surface area contributed by atoms with E-state index in [4.69, 9.17) is 5.26 Å². The van der Waals surface area contributed by atoms with Gasteiger partial charge in [-0.2, -0.15) is 9.94 Å². The van der Waals surface area contributed by atoms with E-state index in [0.717, 1.165) is 0 Å². The third-order valence-electron chi connectivity index (χ3n) is 1.87. The van der Waals surface area contributed by atoms with Gasteiger partial charge in [0.15, 0.2) is 0 Å². The van der Waals surface area contributed by atoms with Gasteiger partial charge in [0.05, 0.1) is 11.3 Å². The molecule has 0 atom stereocenters. The number of carbonyl (C=O) groups excluding carboxylic acids is 1. The van der Waals surface area contributed by atoms with Crippen LogP contribution in [0.1, 0.15) is 15.9 Å². The number of aldehydes is 1. The molecule has 0 saturated heterocycles. The molecular formula is C9H5N5O. The number of hydrogen-bond donors (Lipinski definition) is 0. The summed E-state index contributed by atoms with van der Waals surface area (Å²) in [6, 6.07) is 6.70. The van der Waals surface area contributed by atoms with Gasteiger partial charge in [-0.05, 0) is 28.6 Å². The normalized spacial score (nSPS) is 9.53. The van der Waals surface area contributed by atoms with Crippen LogP contribution in [0.25, 0.3) is 5.69 Å². The predicted molar refractivity (Wildman–Crippen MR) is 49.3 cm³/mol. The minimum absolute atomic E-state index is 0.354. The quantitative estimate of drug-likeness (QED) is 0.651. The fourth-order valence-corrected chi connectivity index (χ4v) is 1.19. The summed E-state index contributed by atoms with van der Waals surface area (Å²) >= 11 is 0. The number of carbonyl (C=O) groups is 1. The molecule has 0 unspecified atom stereocenters. The Morgan fingerprint density at radius 2 is 2.33 bits per heavy atom. The summed E-state index contributed by atoms with van der Waals surface area (Å²) in [7, 11) is 0. The van der Waals surface area contributed by atoms with E-state index < -0.39 is 0 Å². The highest BCUT2D eigenvalue weighted by molar-refractivity contribution is 5.76. The van der Waals surface area contributed by atoms with Crippen molar-refractivity contribution in [3.8, 4) is 11.8 Å². The van der Waals surface area contributed by atoms with Gasteiger partial charge in [0.2, 0.25) is 0 Å². The molecule has 0 N–H and O–H groups in total. The molecule has 0 aliphatic heterocycles. The maximum atomic E-state index is 10.5. The van der Waals surface area contributed by atoms with Crippen molar-refractivity contribution in [1.29, 1.82) is 5.26 Å². The van der Waals surface area contributed by atoms with Crippen LogP contribution in [0, 0.1) is 11.3 Å². The van der Waals surface area contributed by atoms with Crippen LogP contribution in [0.2, 0.25) is 0 Å². The lowest BCUT2D eigenvalue weighted by molar-refractivity contribution is 0.112. The Bertz CT molecular complexity index is 526. The summed E-state index contributed by atoms with van der Waals surface area (Å²) in [5.74, 6) is 0. The van der Waals surface area contributed by atoms with E-state index >= 15 is 0 Å². The Hall–Kier alpha value is -2.55. The zero-order chi connectivity index (χ0) is 10.7. The van der Waals surface area contributed by atoms with Crippen molar-refractivity contribution < 1.29 is 4.79 Å². The number of aromatic nitrogens is 4. The molecule has 0 amide bonds. The van der Waals surface area contributed by atoms with E-state index in [-0.39, 0.29) is 0 Å². The molecule has 0 radical (unpaired) electrons. The van der Waals surface area contributed by atoms with Crippen LogP contribution in [0.3, 0.4) is 0 Å². The van der Waals surface area contributed by atoms with Gasteiger partial charge < -0.3 is 0 Å². The second kappa shape index (κ2) is 3.67. The molecule has 15 heavy (non-hydrogen) atoms. The molecule has 6 heteroatoms. The minimum atomic E-state index is 0.354. The second-order valence-corrected chi connectivity index (χ2v) is 2.76. The van der Waals surface area contributed by atoms with Crippen LogP contribution in [-0.4, -0.2) is 26.5 Å². The molecule has 0 aliphatic carbocycles. The first-order valence-electron chi connectivity index (χ1n) is 4.08. The fraction of sp³-hybridized carbons (Fsp3) is 0. The van der Waals surface area contributed by atoms with Crippen LogP contribution in [-0.2, 0) is 0 Å². The van der Waals surface area contributed by atoms with Crippen LogP contribution in [0.15, 0.2) is 24.5 Å². The Morgan fingerprint density at radius 1 is 1.47 bits per heavy atom. The largest absolute Gasteiger partial charge is 0.298 e. The molecule has 6 nitrogen and oxygen atoms in total. The van der Waals surface area contributed by atoms with Crippen LogP contribution in [0.4, 0.5) is 0 Å². The smallest absolute Gasteiger partial charge is 0.150 e. The van der Waals surface area contributed by atoms with Gasteiger partial charge in [-0.1, -0.05) is 0 Å². The maximum absolute atomic E-state index is 10.5. The lowest BCUT2D eigenvalue weighted by Gasteiger charge is -2.01. The lowest BCUT2D eigenvalue weighted by Crippen LogP contribution is -1.99. The minimum Gasteiger partial charge on any atom is -0.298 e. The SMILES string of the molecule is N#Cc1cc(C=O)ccc1-n1cnnn1. The first-order valence-corrected chi connectivity index (χ1v) is 4.08. The summed E-state index contributed by atoms with van der Waals surface area (Å²) in [6.07, 6.45) is 2.07. The molecular weight excluding hydrogens is 194 g/mol. The van der Waals surface area contributed by atoms with Gasteiger partial charge in [0.1, 0.15) is 18.7 Å². The van der Waals surface area contributed by atoms with Gasteiger partial charge in [-0.25, -0.2) is 0 Å². The van der Waals surface area contributed by atoms with Crippen LogP contribution >= 0.6 is 0 Å². The Labute approximate surface area is 84.8 Å². The van der Waals surface area contributed by atoms with Gasteiger partial charge in [-0.3, -0.25) is 4.79 Å². The van der Waals surface area contributed by atoms with Crippen molar-refractivity contribution in [2.24, 2.45) is 0 Å². The zero-order valence-electron chi connectivity index (χ0n) is 7.53. The van der Waals surface area contributed by atoms with Crippen LogP contribution < -0.4 is 0 Å². The standard InChI is InChI=1S/C9H5N5O/c10-4-8-3-7(5-15)1-2-9(8)14-6-11-12-13-14/h1-3,5-6H. The zero-order valence-corrected chi connectivity index (χ0v) is 7.53. The molecule has 0 fully saturated rings. The van der Waals surface area contributed by atoms with E-state index in [1.807, 2.05) is 6.07 Å². The van der Waals surface area contributed by atoms with E-state index in [0.29, 0.717) is 23.1 Å². The number of tetrazole rings is 1. The first kappa shape index (κ1) is 9.02. The number of nitriles is 1. The molecule has 72 valence electrons. The van der Waals surface area contributed by atoms with Crippen molar-refractivity contribution in [1.82, 2.24) is 20.2 Å². The van der Waals surface area contributed by atoms with E-state index in [1.165, 1.54) is 17.1 Å². The second-order valence-electron chi connectivity index (χ2n) is 2.76. The van der Waals surface area contributed by atoms with Gasteiger partial charge in [0.25, 0.3) is 0 Å². The number of benzene rings is 1. The maximum Gasteiger partial charge on any atom is 0.150 e. The summed E-state index contributed by atoms with van der Waals surface area (Å²) in [5, 5.41) is 19.5. The average Bonchev–Trinajstić information content (AvgIpc) is 2.81. The fourth-order valence-electron chi connectivity index (χ4n) is 1.19. The first-order chi connectivity index (χ1) is 7.35.